The van der Waals surface area contributed by atoms with Gasteiger partial charge < -0.3 is 10.2 Å². The van der Waals surface area contributed by atoms with Crippen molar-refractivity contribution >= 4 is 33.4 Å². The number of aromatic nitrogens is 2. The molecule has 5 rings (SSSR count). The number of rotatable bonds is 5. The van der Waals surface area contributed by atoms with E-state index in [0.717, 1.165) is 28.0 Å². The van der Waals surface area contributed by atoms with Crippen LogP contribution in [0.25, 0.3) is 21.5 Å². The van der Waals surface area contributed by atoms with Gasteiger partial charge in [0.15, 0.2) is 0 Å². The first-order chi connectivity index (χ1) is 16.1. The van der Waals surface area contributed by atoms with E-state index in [2.05, 4.69) is 21.9 Å². The maximum absolute atomic E-state index is 13.3. The number of hydrogen-bond acceptors (Lipinski definition) is 4. The van der Waals surface area contributed by atoms with Crippen molar-refractivity contribution in [2.24, 2.45) is 5.41 Å². The summed E-state index contributed by atoms with van der Waals surface area (Å²) in [4.78, 5) is 36.6. The smallest absolute Gasteiger partial charge is 0.256 e. The van der Waals surface area contributed by atoms with E-state index in [1.807, 2.05) is 59.5 Å². The summed E-state index contributed by atoms with van der Waals surface area (Å²) in [6.45, 7) is 5.51. The maximum atomic E-state index is 13.3. The Labute approximate surface area is 192 Å². The minimum atomic E-state index is -0.388. The van der Waals surface area contributed by atoms with Crippen molar-refractivity contribution in [1.82, 2.24) is 20.2 Å². The number of nitrogens with zero attached hydrogens (tertiary/aromatic N) is 3. The molecule has 2 amide bonds. The normalized spacial score (nSPS) is 17.9. The Morgan fingerprint density at radius 2 is 1.55 bits per heavy atom. The van der Waals surface area contributed by atoms with Crippen LogP contribution >= 0.6 is 0 Å². The van der Waals surface area contributed by atoms with Crippen LogP contribution in [-0.2, 0) is 0 Å². The number of carbonyl (C=O) groups is 2. The molecule has 0 aliphatic carbocycles. The Morgan fingerprint density at radius 3 is 2.21 bits per heavy atom. The molecule has 33 heavy (non-hydrogen) atoms. The van der Waals surface area contributed by atoms with E-state index in [1.54, 1.807) is 24.8 Å². The predicted octanol–water partition coefficient (Wildman–Crippen LogP) is 4.23. The number of hydrogen-bond donors (Lipinski definition) is 1. The maximum Gasteiger partial charge on any atom is 0.256 e. The monoisotopic (exact) mass is 436 g/mol. The van der Waals surface area contributed by atoms with Crippen molar-refractivity contribution in [3.63, 3.8) is 0 Å². The summed E-state index contributed by atoms with van der Waals surface area (Å²) >= 11 is 0. The molecule has 4 aromatic rings. The van der Waals surface area contributed by atoms with Crippen LogP contribution in [0.4, 0.5) is 0 Å². The average molecular weight is 437 g/mol. The predicted molar refractivity (Wildman–Crippen MR) is 129 cm³/mol. The summed E-state index contributed by atoms with van der Waals surface area (Å²) in [7, 11) is 0. The fourth-order valence-electron chi connectivity index (χ4n) is 4.56. The number of carbonyl (C=O) groups excluding carboxylic acids is 2. The molecule has 3 heterocycles. The third kappa shape index (κ3) is 3.84. The van der Waals surface area contributed by atoms with Crippen LogP contribution in [0.2, 0.25) is 0 Å². The number of fused-ring (bicyclic) bond motifs is 2. The molecule has 1 N–H and O–H groups in total. The van der Waals surface area contributed by atoms with E-state index in [1.165, 1.54) is 0 Å². The Kier molecular flexibility index (Phi) is 5.34. The Balaban J connectivity index is 1.32. The molecule has 6 nitrogen and oxygen atoms in total. The molecular formula is C27H24N4O2. The zero-order valence-electron chi connectivity index (χ0n) is 18.2. The van der Waals surface area contributed by atoms with Crippen molar-refractivity contribution in [2.75, 3.05) is 19.6 Å². The van der Waals surface area contributed by atoms with Gasteiger partial charge in [0.25, 0.3) is 11.8 Å². The second-order valence-corrected chi connectivity index (χ2v) is 8.54. The first-order valence-electron chi connectivity index (χ1n) is 11.0. The molecule has 0 spiro atoms. The van der Waals surface area contributed by atoms with Crippen molar-refractivity contribution < 1.29 is 9.59 Å². The molecule has 0 bridgehead atoms. The molecule has 0 radical (unpaired) electrons. The highest BCUT2D eigenvalue weighted by molar-refractivity contribution is 6.07. The van der Waals surface area contributed by atoms with Crippen molar-refractivity contribution in [3.05, 3.63) is 97.1 Å². The van der Waals surface area contributed by atoms with Crippen LogP contribution in [-0.4, -0.2) is 46.3 Å². The standard InChI is InChI=1S/C27H24N4O2/c1-2-27(17-30-25(32)23-15-28-13-19-7-3-5-9-21(19)23)11-12-31(18-27)26(33)24-16-29-14-20-8-4-6-10-22(20)24/h2-10,13-16H,1,11-12,17-18H2,(H,30,32). The molecule has 1 aliphatic rings. The molecule has 1 aliphatic heterocycles. The number of likely N-dealkylation sites (tertiary alicyclic amines) is 1. The summed E-state index contributed by atoms with van der Waals surface area (Å²) in [5, 5.41) is 6.67. The molecule has 6 heteroatoms. The Morgan fingerprint density at radius 1 is 0.939 bits per heavy atom. The van der Waals surface area contributed by atoms with E-state index in [4.69, 9.17) is 0 Å². The van der Waals surface area contributed by atoms with Gasteiger partial charge in [-0.3, -0.25) is 19.6 Å². The van der Waals surface area contributed by atoms with Gasteiger partial charge >= 0.3 is 0 Å². The molecule has 1 atom stereocenters. The fraction of sp³-hybridized carbons (Fsp3) is 0.185. The second-order valence-electron chi connectivity index (χ2n) is 8.54. The third-order valence-corrected chi connectivity index (χ3v) is 6.52. The number of benzene rings is 2. The van der Waals surface area contributed by atoms with Crippen LogP contribution < -0.4 is 5.32 Å². The molecule has 1 fully saturated rings. The van der Waals surface area contributed by atoms with E-state index in [0.29, 0.717) is 30.8 Å². The molecule has 0 saturated carbocycles. The second kappa shape index (κ2) is 8.47. The highest BCUT2D eigenvalue weighted by Gasteiger charge is 2.38. The van der Waals surface area contributed by atoms with Gasteiger partial charge in [0.05, 0.1) is 11.1 Å². The molecule has 164 valence electrons. The minimum Gasteiger partial charge on any atom is -0.351 e. The summed E-state index contributed by atoms with van der Waals surface area (Å²) < 4.78 is 0. The van der Waals surface area contributed by atoms with Crippen LogP contribution in [0, 0.1) is 5.41 Å². The van der Waals surface area contributed by atoms with E-state index >= 15 is 0 Å². The lowest BCUT2D eigenvalue weighted by atomic mass is 9.87. The molecular weight excluding hydrogens is 412 g/mol. The van der Waals surface area contributed by atoms with Crippen molar-refractivity contribution in [2.45, 2.75) is 6.42 Å². The molecule has 1 unspecified atom stereocenters. The summed E-state index contributed by atoms with van der Waals surface area (Å²) in [6.07, 6.45) is 9.34. The number of nitrogens with one attached hydrogen (secondary N) is 1. The van der Waals surface area contributed by atoms with Crippen LogP contribution in [0.15, 0.2) is 86.0 Å². The van der Waals surface area contributed by atoms with Gasteiger partial charge in [0, 0.05) is 60.6 Å². The van der Waals surface area contributed by atoms with Crippen LogP contribution in [0.3, 0.4) is 0 Å². The number of amides is 2. The van der Waals surface area contributed by atoms with Gasteiger partial charge in [0.1, 0.15) is 0 Å². The third-order valence-electron chi connectivity index (χ3n) is 6.52. The zero-order valence-corrected chi connectivity index (χ0v) is 18.2. The lowest BCUT2D eigenvalue weighted by molar-refractivity contribution is 0.0781. The highest BCUT2D eigenvalue weighted by atomic mass is 16.2. The SMILES string of the molecule is C=CC1(CNC(=O)c2cncc3ccccc23)CCN(C(=O)c2cncc3ccccc23)C1. The van der Waals surface area contributed by atoms with Gasteiger partial charge in [-0.2, -0.15) is 0 Å². The van der Waals surface area contributed by atoms with E-state index < -0.39 is 0 Å². The Hall–Kier alpha value is -4.06. The van der Waals surface area contributed by atoms with Crippen molar-refractivity contribution in [1.29, 1.82) is 0 Å². The fourth-order valence-corrected chi connectivity index (χ4v) is 4.56. The van der Waals surface area contributed by atoms with E-state index in [-0.39, 0.29) is 17.2 Å². The lowest BCUT2D eigenvalue weighted by Gasteiger charge is -2.26. The summed E-state index contributed by atoms with van der Waals surface area (Å²) in [5.41, 5.74) is 0.750. The first-order valence-corrected chi connectivity index (χ1v) is 11.0. The quantitative estimate of drug-likeness (QED) is 0.475. The summed E-state index contributed by atoms with van der Waals surface area (Å²) in [5.74, 6) is -0.226. The number of pyridine rings is 2. The topological polar surface area (TPSA) is 75.2 Å². The van der Waals surface area contributed by atoms with Gasteiger partial charge in [-0.05, 0) is 17.2 Å². The van der Waals surface area contributed by atoms with Gasteiger partial charge in [-0.25, -0.2) is 0 Å². The van der Waals surface area contributed by atoms with Gasteiger partial charge in [0.2, 0.25) is 0 Å². The first kappa shape index (κ1) is 20.8. The molecule has 2 aromatic carbocycles. The lowest BCUT2D eigenvalue weighted by Crippen LogP contribution is -2.39. The zero-order chi connectivity index (χ0) is 22.8. The average Bonchev–Trinajstić information content (AvgIpc) is 3.31. The van der Waals surface area contributed by atoms with Crippen molar-refractivity contribution in [3.8, 4) is 0 Å². The Bertz CT molecular complexity index is 1370. The largest absolute Gasteiger partial charge is 0.351 e. The van der Waals surface area contributed by atoms with Gasteiger partial charge in [-0.1, -0.05) is 54.6 Å². The molecule has 2 aromatic heterocycles. The minimum absolute atomic E-state index is 0.0485. The highest BCUT2D eigenvalue weighted by Crippen LogP contribution is 2.33. The van der Waals surface area contributed by atoms with Crippen LogP contribution in [0.1, 0.15) is 27.1 Å². The van der Waals surface area contributed by atoms with Crippen LogP contribution in [0.5, 0.6) is 0 Å². The van der Waals surface area contributed by atoms with Gasteiger partial charge in [-0.15, -0.1) is 6.58 Å². The van der Waals surface area contributed by atoms with E-state index in [9.17, 15) is 9.59 Å². The summed E-state index contributed by atoms with van der Waals surface area (Å²) in [6, 6.07) is 15.4. The molecule has 1 saturated heterocycles.